The van der Waals surface area contributed by atoms with Crippen LogP contribution in [0.2, 0.25) is 0 Å². The molecule has 0 aliphatic rings. The Bertz CT molecular complexity index is 235. The minimum atomic E-state index is 0.792. The van der Waals surface area contributed by atoms with Crippen molar-refractivity contribution >= 4 is 17.4 Å². The summed E-state index contributed by atoms with van der Waals surface area (Å²) in [6, 6.07) is 8.63. The quantitative estimate of drug-likeness (QED) is 0.712. The number of hydrogen-bond donors (Lipinski definition) is 0. The van der Waals surface area contributed by atoms with E-state index >= 15 is 0 Å². The minimum Gasteiger partial charge on any atom is -0.291 e. The van der Waals surface area contributed by atoms with Crippen molar-refractivity contribution in [3.05, 3.63) is 35.4 Å². The fourth-order valence-electron chi connectivity index (χ4n) is 1.25. The SMILES string of the molecule is CCc1ccccc1CC.CSC=O. The van der Waals surface area contributed by atoms with Gasteiger partial charge in [-0.15, -0.1) is 0 Å². The molecule has 1 aromatic rings. The number of carbonyl (C=O) groups excluding carboxylic acids is 1. The third kappa shape index (κ3) is 5.07. The Morgan fingerprint density at radius 1 is 1.14 bits per heavy atom. The van der Waals surface area contributed by atoms with Crippen LogP contribution in [0.1, 0.15) is 25.0 Å². The second kappa shape index (κ2) is 8.82. The van der Waals surface area contributed by atoms with Gasteiger partial charge in [0.25, 0.3) is 0 Å². The molecule has 0 atom stereocenters. The summed E-state index contributed by atoms with van der Waals surface area (Å²) < 4.78 is 0. The molecule has 0 saturated heterocycles. The van der Waals surface area contributed by atoms with E-state index in [1.54, 1.807) is 6.26 Å². The summed E-state index contributed by atoms with van der Waals surface area (Å²) in [4.78, 5) is 9.14. The molecule has 0 heterocycles. The second-order valence-electron chi connectivity index (χ2n) is 2.81. The van der Waals surface area contributed by atoms with Crippen LogP contribution in [0.25, 0.3) is 0 Å². The molecule has 0 radical (unpaired) electrons. The summed E-state index contributed by atoms with van der Waals surface area (Å²) in [5.74, 6) is 0. The maximum absolute atomic E-state index is 9.14. The van der Waals surface area contributed by atoms with Crippen LogP contribution < -0.4 is 0 Å². The van der Waals surface area contributed by atoms with Crippen LogP contribution in [-0.4, -0.2) is 11.9 Å². The van der Waals surface area contributed by atoms with Crippen LogP contribution in [0.3, 0.4) is 0 Å². The van der Waals surface area contributed by atoms with E-state index in [1.807, 2.05) is 0 Å². The van der Waals surface area contributed by atoms with Gasteiger partial charge in [-0.1, -0.05) is 49.9 Å². The lowest BCUT2D eigenvalue weighted by atomic mass is 10.0. The van der Waals surface area contributed by atoms with Gasteiger partial charge < -0.3 is 0 Å². The van der Waals surface area contributed by atoms with Crippen molar-refractivity contribution in [1.82, 2.24) is 0 Å². The third-order valence-electron chi connectivity index (χ3n) is 1.98. The fourth-order valence-corrected chi connectivity index (χ4v) is 1.25. The van der Waals surface area contributed by atoms with E-state index in [1.165, 1.54) is 22.9 Å². The second-order valence-corrected chi connectivity index (χ2v) is 3.47. The van der Waals surface area contributed by atoms with Crippen LogP contribution in [0.4, 0.5) is 0 Å². The van der Waals surface area contributed by atoms with E-state index in [4.69, 9.17) is 4.79 Å². The third-order valence-corrected chi connectivity index (χ3v) is 2.17. The number of rotatable bonds is 3. The smallest absolute Gasteiger partial charge is 0.175 e. The summed E-state index contributed by atoms with van der Waals surface area (Å²) in [7, 11) is 0. The Morgan fingerprint density at radius 3 is 1.71 bits per heavy atom. The predicted octanol–water partition coefficient (Wildman–Crippen LogP) is 3.35. The van der Waals surface area contributed by atoms with Gasteiger partial charge in [0.2, 0.25) is 0 Å². The molecule has 0 saturated carbocycles. The molecule has 0 bridgehead atoms. The average Bonchev–Trinajstić information content (AvgIpc) is 2.29. The summed E-state index contributed by atoms with van der Waals surface area (Å²) >= 11 is 1.18. The Kier molecular flexibility index (Phi) is 8.34. The van der Waals surface area contributed by atoms with Gasteiger partial charge in [-0.05, 0) is 30.2 Å². The van der Waals surface area contributed by atoms with Crippen LogP contribution >= 0.6 is 11.8 Å². The molecule has 1 aromatic carbocycles. The summed E-state index contributed by atoms with van der Waals surface area (Å²) in [6.07, 6.45) is 4.04. The number of benzene rings is 1. The maximum atomic E-state index is 9.14. The van der Waals surface area contributed by atoms with Crippen molar-refractivity contribution in [2.45, 2.75) is 26.7 Å². The Balaban J connectivity index is 0.000000364. The summed E-state index contributed by atoms with van der Waals surface area (Å²) in [5, 5.41) is 0. The van der Waals surface area contributed by atoms with Crippen LogP contribution in [0.5, 0.6) is 0 Å². The van der Waals surface area contributed by atoms with Crippen molar-refractivity contribution < 1.29 is 4.79 Å². The Labute approximate surface area is 90.9 Å². The topological polar surface area (TPSA) is 17.1 Å². The van der Waals surface area contributed by atoms with Gasteiger partial charge in [-0.25, -0.2) is 0 Å². The van der Waals surface area contributed by atoms with E-state index in [-0.39, 0.29) is 0 Å². The van der Waals surface area contributed by atoms with E-state index in [0.29, 0.717) is 0 Å². The van der Waals surface area contributed by atoms with Crippen LogP contribution in [-0.2, 0) is 17.6 Å². The molecular weight excluding hydrogens is 192 g/mol. The van der Waals surface area contributed by atoms with Crippen molar-refractivity contribution in [1.29, 1.82) is 0 Å². The average molecular weight is 210 g/mol. The number of carbonyl (C=O) groups is 1. The first-order valence-electron chi connectivity index (χ1n) is 4.83. The van der Waals surface area contributed by atoms with Gasteiger partial charge in [0.1, 0.15) is 0 Å². The maximum Gasteiger partial charge on any atom is 0.175 e. The van der Waals surface area contributed by atoms with Gasteiger partial charge in [-0.2, -0.15) is 0 Å². The standard InChI is InChI=1S/C10H14.C2H4OS/c1-3-9-7-5-6-8-10(9)4-2;1-4-2-3/h5-8H,3-4H2,1-2H3;2H,1H3. The highest BCUT2D eigenvalue weighted by atomic mass is 32.2. The molecule has 0 N–H and O–H groups in total. The zero-order valence-corrected chi connectivity index (χ0v) is 9.93. The monoisotopic (exact) mass is 210 g/mol. The van der Waals surface area contributed by atoms with Gasteiger partial charge >= 0.3 is 0 Å². The molecule has 0 aliphatic carbocycles. The van der Waals surface area contributed by atoms with Crippen LogP contribution in [0.15, 0.2) is 24.3 Å². The van der Waals surface area contributed by atoms with Crippen LogP contribution in [0, 0.1) is 0 Å². The molecule has 1 nitrogen and oxygen atoms in total. The Hall–Kier alpha value is -0.760. The largest absolute Gasteiger partial charge is 0.291 e. The molecule has 0 amide bonds. The molecule has 78 valence electrons. The van der Waals surface area contributed by atoms with Gasteiger partial charge in [0.15, 0.2) is 5.62 Å². The molecule has 0 spiro atoms. The predicted molar refractivity (Wildman–Crippen MR) is 65.5 cm³/mol. The summed E-state index contributed by atoms with van der Waals surface area (Å²) in [5.41, 5.74) is 3.77. The zero-order valence-electron chi connectivity index (χ0n) is 9.12. The first kappa shape index (κ1) is 13.2. The molecular formula is C12H18OS. The zero-order chi connectivity index (χ0) is 10.8. The van der Waals surface area contributed by atoms with Crippen molar-refractivity contribution in [3.8, 4) is 0 Å². The van der Waals surface area contributed by atoms with E-state index in [9.17, 15) is 0 Å². The van der Waals surface area contributed by atoms with Crippen molar-refractivity contribution in [2.75, 3.05) is 6.26 Å². The molecule has 0 fully saturated rings. The van der Waals surface area contributed by atoms with E-state index < -0.39 is 0 Å². The van der Waals surface area contributed by atoms with Crippen molar-refractivity contribution in [2.24, 2.45) is 0 Å². The fraction of sp³-hybridized carbons (Fsp3) is 0.417. The molecule has 14 heavy (non-hydrogen) atoms. The highest BCUT2D eigenvalue weighted by Crippen LogP contribution is 2.08. The lowest BCUT2D eigenvalue weighted by Crippen LogP contribution is -1.88. The highest BCUT2D eigenvalue weighted by Gasteiger charge is 1.93. The normalized spacial score (nSPS) is 8.79. The first-order chi connectivity index (χ1) is 6.79. The minimum absolute atomic E-state index is 0.792. The number of aryl methyl sites for hydroxylation is 2. The lowest BCUT2D eigenvalue weighted by Gasteiger charge is -2.02. The molecule has 0 unspecified atom stereocenters. The lowest BCUT2D eigenvalue weighted by molar-refractivity contribution is 0.570. The molecule has 0 aliphatic heterocycles. The van der Waals surface area contributed by atoms with E-state index in [0.717, 1.165) is 18.5 Å². The molecule has 0 aromatic heterocycles. The van der Waals surface area contributed by atoms with Gasteiger partial charge in [0.05, 0.1) is 0 Å². The van der Waals surface area contributed by atoms with E-state index in [2.05, 4.69) is 38.1 Å². The molecule has 2 heteroatoms. The van der Waals surface area contributed by atoms with Gasteiger partial charge in [0, 0.05) is 0 Å². The number of hydrogen-bond acceptors (Lipinski definition) is 2. The summed E-state index contributed by atoms with van der Waals surface area (Å²) in [6.45, 7) is 4.41. The molecule has 1 rings (SSSR count). The van der Waals surface area contributed by atoms with Gasteiger partial charge in [-0.3, -0.25) is 4.79 Å². The number of thioether (sulfide) groups is 1. The first-order valence-corrected chi connectivity index (χ1v) is 6.12. The Morgan fingerprint density at radius 2 is 1.50 bits per heavy atom. The van der Waals surface area contributed by atoms with Crippen molar-refractivity contribution in [3.63, 3.8) is 0 Å². The highest BCUT2D eigenvalue weighted by molar-refractivity contribution is 8.11.